The highest BCUT2D eigenvalue weighted by molar-refractivity contribution is 7.89. The number of nitrogens with one attached hydrogen (secondary N) is 1. The molecule has 1 N–H and O–H groups in total. The Morgan fingerprint density at radius 1 is 1.03 bits per heavy atom. The van der Waals surface area contributed by atoms with Gasteiger partial charge in [-0.25, -0.2) is 12.8 Å². The molecule has 0 unspecified atom stereocenters. The maximum absolute atomic E-state index is 14.2. The third-order valence-corrected chi connectivity index (χ3v) is 7.10. The van der Waals surface area contributed by atoms with E-state index in [1.54, 1.807) is 0 Å². The highest BCUT2D eigenvalue weighted by Crippen LogP contribution is 2.30. The lowest BCUT2D eigenvalue weighted by Crippen LogP contribution is -2.30. The first-order chi connectivity index (χ1) is 14.4. The van der Waals surface area contributed by atoms with Crippen LogP contribution in [0.25, 0.3) is 0 Å². The Kier molecular flexibility index (Phi) is 5.92. The number of hydrogen-bond donors (Lipinski definition) is 1. The maximum atomic E-state index is 14.2. The van der Waals surface area contributed by atoms with Crippen LogP contribution in [0.3, 0.4) is 0 Å². The predicted molar refractivity (Wildman–Crippen MR) is 108 cm³/mol. The monoisotopic (exact) mass is 434 g/mol. The first-order valence-electron chi connectivity index (χ1n) is 9.91. The molecule has 0 aromatic heterocycles. The second kappa shape index (κ2) is 8.61. The lowest BCUT2D eigenvalue weighted by Gasteiger charge is -2.19. The van der Waals surface area contributed by atoms with Gasteiger partial charge in [0.15, 0.2) is 11.5 Å². The third kappa shape index (κ3) is 4.27. The fourth-order valence-electron chi connectivity index (χ4n) is 3.58. The summed E-state index contributed by atoms with van der Waals surface area (Å²) in [6.45, 7) is 2.10. The lowest BCUT2D eigenvalue weighted by atomic mass is 10.1. The molecule has 0 atom stereocenters. The van der Waals surface area contributed by atoms with E-state index < -0.39 is 26.6 Å². The molecule has 1 fully saturated rings. The minimum atomic E-state index is -3.95. The molecule has 2 aliphatic rings. The molecule has 2 heterocycles. The number of sulfonamides is 1. The molecule has 9 heteroatoms. The standard InChI is InChI=1S/C21H23FN2O5S/c22-17-5-4-16(14-20(17)30(26,27)24-9-1-2-10-24)21(25)23-8-7-15-3-6-18-19(13-15)29-12-11-28-18/h3-6,13-14H,1-2,7-12H2,(H,23,25). The van der Waals surface area contributed by atoms with Crippen LogP contribution >= 0.6 is 0 Å². The van der Waals surface area contributed by atoms with Gasteiger partial charge in [-0.15, -0.1) is 0 Å². The first kappa shape index (κ1) is 20.6. The maximum Gasteiger partial charge on any atom is 0.251 e. The van der Waals surface area contributed by atoms with Crippen LogP contribution < -0.4 is 14.8 Å². The second-order valence-corrected chi connectivity index (χ2v) is 9.15. The van der Waals surface area contributed by atoms with Crippen LogP contribution in [0, 0.1) is 5.82 Å². The Labute approximate surface area is 174 Å². The molecule has 7 nitrogen and oxygen atoms in total. The molecule has 1 amide bonds. The molecule has 2 aliphatic heterocycles. The Morgan fingerprint density at radius 3 is 2.53 bits per heavy atom. The summed E-state index contributed by atoms with van der Waals surface area (Å²) in [7, 11) is -3.95. The number of amides is 1. The zero-order valence-electron chi connectivity index (χ0n) is 16.4. The summed E-state index contributed by atoms with van der Waals surface area (Å²) in [4.78, 5) is 12.0. The van der Waals surface area contributed by atoms with E-state index in [0.717, 1.165) is 30.5 Å². The van der Waals surface area contributed by atoms with Gasteiger partial charge in [-0.3, -0.25) is 4.79 Å². The predicted octanol–water partition coefficient (Wildman–Crippen LogP) is 2.35. The third-order valence-electron chi connectivity index (χ3n) is 5.18. The molecule has 0 spiro atoms. The smallest absolute Gasteiger partial charge is 0.251 e. The number of halogens is 1. The SMILES string of the molecule is O=C(NCCc1ccc2c(c1)OCCO2)c1ccc(F)c(S(=O)(=O)N2CCCC2)c1. The van der Waals surface area contributed by atoms with Crippen molar-refractivity contribution in [1.82, 2.24) is 9.62 Å². The molecule has 30 heavy (non-hydrogen) atoms. The zero-order valence-corrected chi connectivity index (χ0v) is 17.2. The van der Waals surface area contributed by atoms with Crippen molar-refractivity contribution in [2.75, 3.05) is 32.8 Å². The van der Waals surface area contributed by atoms with E-state index in [-0.39, 0.29) is 5.56 Å². The van der Waals surface area contributed by atoms with Gasteiger partial charge in [0.2, 0.25) is 10.0 Å². The Bertz CT molecular complexity index is 1050. The minimum absolute atomic E-state index is 0.108. The van der Waals surface area contributed by atoms with Gasteiger partial charge in [-0.2, -0.15) is 4.31 Å². The van der Waals surface area contributed by atoms with Crippen LogP contribution in [0.1, 0.15) is 28.8 Å². The van der Waals surface area contributed by atoms with Gasteiger partial charge in [0.25, 0.3) is 5.91 Å². The van der Waals surface area contributed by atoms with Gasteiger partial charge in [0, 0.05) is 25.2 Å². The minimum Gasteiger partial charge on any atom is -0.486 e. The van der Waals surface area contributed by atoms with Crippen LogP contribution in [-0.2, 0) is 16.4 Å². The highest BCUT2D eigenvalue weighted by Gasteiger charge is 2.30. The molecule has 0 bridgehead atoms. The van der Waals surface area contributed by atoms with Gasteiger partial charge in [0.1, 0.15) is 23.9 Å². The van der Waals surface area contributed by atoms with Gasteiger partial charge in [0.05, 0.1) is 0 Å². The molecule has 0 saturated carbocycles. The van der Waals surface area contributed by atoms with Crippen molar-refractivity contribution in [1.29, 1.82) is 0 Å². The van der Waals surface area contributed by atoms with E-state index in [4.69, 9.17) is 9.47 Å². The van der Waals surface area contributed by atoms with E-state index in [2.05, 4.69) is 5.32 Å². The average Bonchev–Trinajstić information content (AvgIpc) is 3.29. The number of ether oxygens (including phenoxy) is 2. The van der Waals surface area contributed by atoms with E-state index in [1.807, 2.05) is 18.2 Å². The molecule has 0 radical (unpaired) electrons. The molecule has 0 aliphatic carbocycles. The number of rotatable bonds is 6. The van der Waals surface area contributed by atoms with Gasteiger partial charge < -0.3 is 14.8 Å². The zero-order chi connectivity index (χ0) is 21.1. The topological polar surface area (TPSA) is 84.9 Å². The largest absolute Gasteiger partial charge is 0.486 e. The van der Waals surface area contributed by atoms with E-state index >= 15 is 0 Å². The molecule has 1 saturated heterocycles. The molecule has 2 aromatic carbocycles. The Balaban J connectivity index is 1.41. The summed E-state index contributed by atoms with van der Waals surface area (Å²) < 4.78 is 51.9. The van der Waals surface area contributed by atoms with Crippen molar-refractivity contribution >= 4 is 15.9 Å². The number of fused-ring (bicyclic) bond motifs is 1. The second-order valence-electron chi connectivity index (χ2n) is 7.24. The number of carbonyl (C=O) groups excluding carboxylic acids is 1. The van der Waals surface area contributed by atoms with Crippen molar-refractivity contribution in [3.05, 3.63) is 53.3 Å². The normalized spacial score (nSPS) is 16.4. The number of nitrogens with zero attached hydrogens (tertiary/aromatic N) is 1. The van der Waals surface area contributed by atoms with E-state index in [0.29, 0.717) is 50.8 Å². The molecular formula is C21H23FN2O5S. The molecule has 4 rings (SSSR count). The summed E-state index contributed by atoms with van der Waals surface area (Å²) in [6, 6.07) is 9.04. The van der Waals surface area contributed by atoms with Crippen molar-refractivity contribution in [3.8, 4) is 11.5 Å². The van der Waals surface area contributed by atoms with Gasteiger partial charge >= 0.3 is 0 Å². The van der Waals surface area contributed by atoms with Gasteiger partial charge in [-0.05, 0) is 55.2 Å². The van der Waals surface area contributed by atoms with Crippen molar-refractivity contribution in [2.45, 2.75) is 24.2 Å². The molecule has 2 aromatic rings. The number of benzene rings is 2. The van der Waals surface area contributed by atoms with Crippen LogP contribution in [0.2, 0.25) is 0 Å². The summed E-state index contributed by atoms with van der Waals surface area (Å²) in [5, 5.41) is 2.75. The summed E-state index contributed by atoms with van der Waals surface area (Å²) in [5.74, 6) is 0.0765. The van der Waals surface area contributed by atoms with Crippen molar-refractivity contribution in [3.63, 3.8) is 0 Å². The van der Waals surface area contributed by atoms with Crippen LogP contribution in [0.15, 0.2) is 41.3 Å². The summed E-state index contributed by atoms with van der Waals surface area (Å²) in [6.07, 6.45) is 2.06. The molecular weight excluding hydrogens is 411 g/mol. The fourth-order valence-corrected chi connectivity index (χ4v) is 5.18. The van der Waals surface area contributed by atoms with E-state index in [9.17, 15) is 17.6 Å². The van der Waals surface area contributed by atoms with Crippen LogP contribution in [0.4, 0.5) is 4.39 Å². The molecule has 160 valence electrons. The lowest BCUT2D eigenvalue weighted by molar-refractivity contribution is 0.0954. The highest BCUT2D eigenvalue weighted by atomic mass is 32.2. The quantitative estimate of drug-likeness (QED) is 0.755. The van der Waals surface area contributed by atoms with Crippen molar-refractivity contribution in [2.24, 2.45) is 0 Å². The van der Waals surface area contributed by atoms with Gasteiger partial charge in [-0.1, -0.05) is 6.07 Å². The summed E-state index contributed by atoms with van der Waals surface area (Å²) >= 11 is 0. The Morgan fingerprint density at radius 2 is 1.77 bits per heavy atom. The fraction of sp³-hybridized carbons (Fsp3) is 0.381. The van der Waals surface area contributed by atoms with Crippen LogP contribution in [-0.4, -0.2) is 51.5 Å². The Hall–Kier alpha value is -2.65. The number of carbonyl (C=O) groups is 1. The first-order valence-corrected chi connectivity index (χ1v) is 11.4. The van der Waals surface area contributed by atoms with E-state index in [1.165, 1.54) is 10.4 Å². The average molecular weight is 434 g/mol. The number of hydrogen-bond acceptors (Lipinski definition) is 5. The van der Waals surface area contributed by atoms with Crippen molar-refractivity contribution < 1.29 is 27.1 Å². The summed E-state index contributed by atoms with van der Waals surface area (Å²) in [5.41, 5.74) is 1.08. The van der Waals surface area contributed by atoms with Crippen LogP contribution in [0.5, 0.6) is 11.5 Å².